The van der Waals surface area contributed by atoms with Crippen LogP contribution < -0.4 is 5.32 Å². The summed E-state index contributed by atoms with van der Waals surface area (Å²) in [6.07, 6.45) is 5.70. The summed E-state index contributed by atoms with van der Waals surface area (Å²) in [5.74, 6) is -0.811. The average molecular weight is 390 g/mol. The fraction of sp³-hybridized carbons (Fsp3) is 0.375. The molecule has 29 heavy (non-hydrogen) atoms. The van der Waals surface area contributed by atoms with E-state index in [0.29, 0.717) is 23.2 Å². The average Bonchev–Trinajstić information content (AvgIpc) is 3.00. The van der Waals surface area contributed by atoms with Gasteiger partial charge < -0.3 is 5.32 Å². The van der Waals surface area contributed by atoms with Crippen LogP contribution in [-0.2, 0) is 4.79 Å². The van der Waals surface area contributed by atoms with Crippen LogP contribution in [0.1, 0.15) is 77.6 Å². The van der Waals surface area contributed by atoms with Gasteiger partial charge in [0.2, 0.25) is 5.91 Å². The molecule has 1 aliphatic heterocycles. The second kappa shape index (κ2) is 8.19. The lowest BCUT2D eigenvalue weighted by atomic mass is 9.94. The summed E-state index contributed by atoms with van der Waals surface area (Å²) in [7, 11) is 0. The lowest BCUT2D eigenvalue weighted by Gasteiger charge is -2.29. The molecule has 2 aromatic carbocycles. The first-order valence-electron chi connectivity index (χ1n) is 10.5. The normalized spacial score (nSPS) is 17.9. The standard InChI is InChI=1S/C24H26N2O3/c1-2-19(16-9-5-3-6-10-16)22(27)25-17-13-14-20-21(15-17)24(29)26(23(20)28)18-11-7-4-8-12-18/h3,5-6,9-10,13-15,18-19H,2,4,7-8,11-12H2,1H3,(H,25,27)/t19-/m0/s1. The highest BCUT2D eigenvalue weighted by Gasteiger charge is 2.40. The first-order chi connectivity index (χ1) is 14.1. The molecule has 1 aliphatic carbocycles. The van der Waals surface area contributed by atoms with Crippen LogP contribution in [0.5, 0.6) is 0 Å². The summed E-state index contributed by atoms with van der Waals surface area (Å²) in [6.45, 7) is 1.98. The molecule has 1 N–H and O–H groups in total. The van der Waals surface area contributed by atoms with Gasteiger partial charge in [0, 0.05) is 11.7 Å². The molecule has 0 aromatic heterocycles. The summed E-state index contributed by atoms with van der Waals surface area (Å²) in [5, 5.41) is 2.93. The fourth-order valence-electron chi connectivity index (χ4n) is 4.50. The third-order valence-electron chi connectivity index (χ3n) is 6.05. The van der Waals surface area contributed by atoms with E-state index in [2.05, 4.69) is 5.32 Å². The lowest BCUT2D eigenvalue weighted by molar-refractivity contribution is -0.117. The van der Waals surface area contributed by atoms with Crippen LogP contribution in [0.4, 0.5) is 5.69 Å². The topological polar surface area (TPSA) is 66.5 Å². The van der Waals surface area contributed by atoms with Crippen molar-refractivity contribution < 1.29 is 14.4 Å². The van der Waals surface area contributed by atoms with Crippen LogP contribution in [0.25, 0.3) is 0 Å². The maximum Gasteiger partial charge on any atom is 0.261 e. The molecule has 1 atom stereocenters. The molecule has 0 spiro atoms. The Morgan fingerprint density at radius 1 is 1.00 bits per heavy atom. The molecule has 0 radical (unpaired) electrons. The number of rotatable bonds is 5. The summed E-state index contributed by atoms with van der Waals surface area (Å²) in [4.78, 5) is 40.0. The monoisotopic (exact) mass is 390 g/mol. The maximum atomic E-state index is 12.9. The van der Waals surface area contributed by atoms with E-state index in [-0.39, 0.29) is 29.7 Å². The van der Waals surface area contributed by atoms with Crippen molar-refractivity contribution >= 4 is 23.4 Å². The summed E-state index contributed by atoms with van der Waals surface area (Å²) < 4.78 is 0. The smallest absolute Gasteiger partial charge is 0.261 e. The Labute approximate surface area is 171 Å². The number of hydrogen-bond donors (Lipinski definition) is 1. The largest absolute Gasteiger partial charge is 0.326 e. The molecule has 2 aromatic rings. The summed E-state index contributed by atoms with van der Waals surface area (Å²) in [6, 6.07) is 14.7. The molecule has 1 saturated carbocycles. The number of anilines is 1. The highest BCUT2D eigenvalue weighted by molar-refractivity contribution is 6.22. The highest BCUT2D eigenvalue weighted by Crippen LogP contribution is 2.32. The molecule has 5 heteroatoms. The number of carbonyl (C=O) groups excluding carboxylic acids is 3. The molecule has 150 valence electrons. The number of nitrogens with zero attached hydrogens (tertiary/aromatic N) is 1. The van der Waals surface area contributed by atoms with Gasteiger partial charge in [-0.25, -0.2) is 0 Å². The zero-order valence-electron chi connectivity index (χ0n) is 16.7. The van der Waals surface area contributed by atoms with Crippen LogP contribution in [0.3, 0.4) is 0 Å². The van der Waals surface area contributed by atoms with E-state index in [1.54, 1.807) is 18.2 Å². The maximum absolute atomic E-state index is 12.9. The van der Waals surface area contributed by atoms with E-state index in [1.165, 1.54) is 4.90 Å². The van der Waals surface area contributed by atoms with Gasteiger partial charge in [0.15, 0.2) is 0 Å². The Morgan fingerprint density at radius 2 is 1.69 bits per heavy atom. The van der Waals surface area contributed by atoms with Crippen LogP contribution in [0.2, 0.25) is 0 Å². The molecule has 1 heterocycles. The molecule has 3 amide bonds. The van der Waals surface area contributed by atoms with Crippen molar-refractivity contribution in [3.05, 3.63) is 65.2 Å². The first kappa shape index (κ1) is 19.4. The van der Waals surface area contributed by atoms with Gasteiger partial charge in [0.25, 0.3) is 11.8 Å². The number of benzene rings is 2. The van der Waals surface area contributed by atoms with Gasteiger partial charge in [-0.3, -0.25) is 19.3 Å². The Bertz CT molecular complexity index is 932. The van der Waals surface area contributed by atoms with Gasteiger partial charge in [0.1, 0.15) is 0 Å². The molecule has 4 rings (SSSR count). The number of amides is 3. The Morgan fingerprint density at radius 3 is 2.38 bits per heavy atom. The van der Waals surface area contributed by atoms with Gasteiger partial charge >= 0.3 is 0 Å². The number of hydrogen-bond acceptors (Lipinski definition) is 3. The second-order valence-electron chi connectivity index (χ2n) is 7.89. The molecule has 0 bridgehead atoms. The van der Waals surface area contributed by atoms with E-state index >= 15 is 0 Å². The second-order valence-corrected chi connectivity index (χ2v) is 7.89. The van der Waals surface area contributed by atoms with Crippen molar-refractivity contribution in [2.75, 3.05) is 5.32 Å². The Hall–Kier alpha value is -2.95. The highest BCUT2D eigenvalue weighted by atomic mass is 16.2. The summed E-state index contributed by atoms with van der Waals surface area (Å²) in [5.41, 5.74) is 2.35. The minimum atomic E-state index is -0.263. The van der Waals surface area contributed by atoms with Crippen molar-refractivity contribution in [2.24, 2.45) is 0 Å². The van der Waals surface area contributed by atoms with Crippen LogP contribution in [0.15, 0.2) is 48.5 Å². The lowest BCUT2D eigenvalue weighted by Crippen LogP contribution is -2.40. The minimum Gasteiger partial charge on any atom is -0.326 e. The molecular formula is C24H26N2O3. The van der Waals surface area contributed by atoms with Gasteiger partial charge in [0.05, 0.1) is 17.0 Å². The predicted octanol–water partition coefficient (Wildman–Crippen LogP) is 4.75. The van der Waals surface area contributed by atoms with Crippen LogP contribution >= 0.6 is 0 Å². The van der Waals surface area contributed by atoms with Gasteiger partial charge in [-0.1, -0.05) is 56.5 Å². The minimum absolute atomic E-state index is 0.00302. The number of fused-ring (bicyclic) bond motifs is 1. The Kier molecular flexibility index (Phi) is 5.47. The first-order valence-corrected chi connectivity index (χ1v) is 10.5. The number of imide groups is 1. The van der Waals surface area contributed by atoms with Gasteiger partial charge in [-0.15, -0.1) is 0 Å². The van der Waals surface area contributed by atoms with Crippen molar-refractivity contribution in [1.82, 2.24) is 4.90 Å². The van der Waals surface area contributed by atoms with Crippen LogP contribution in [0, 0.1) is 0 Å². The number of carbonyl (C=O) groups is 3. The quantitative estimate of drug-likeness (QED) is 0.750. The van der Waals surface area contributed by atoms with Crippen molar-refractivity contribution in [3.63, 3.8) is 0 Å². The van der Waals surface area contributed by atoms with Gasteiger partial charge in [-0.2, -0.15) is 0 Å². The third-order valence-corrected chi connectivity index (χ3v) is 6.05. The van der Waals surface area contributed by atoms with Crippen molar-refractivity contribution in [2.45, 2.75) is 57.4 Å². The summed E-state index contributed by atoms with van der Waals surface area (Å²) >= 11 is 0. The molecular weight excluding hydrogens is 364 g/mol. The fourth-order valence-corrected chi connectivity index (χ4v) is 4.50. The molecule has 0 saturated heterocycles. The SMILES string of the molecule is CC[C@H](C(=O)Nc1ccc2c(c1)C(=O)N(C1CCCCC1)C2=O)c1ccccc1. The van der Waals surface area contributed by atoms with E-state index < -0.39 is 0 Å². The predicted molar refractivity (Wildman–Crippen MR) is 112 cm³/mol. The number of nitrogens with one attached hydrogen (secondary N) is 1. The van der Waals surface area contributed by atoms with E-state index in [1.807, 2.05) is 37.3 Å². The van der Waals surface area contributed by atoms with E-state index in [4.69, 9.17) is 0 Å². The zero-order valence-corrected chi connectivity index (χ0v) is 16.7. The molecule has 2 aliphatic rings. The van der Waals surface area contributed by atoms with Gasteiger partial charge in [-0.05, 0) is 43.0 Å². The molecule has 0 unspecified atom stereocenters. The van der Waals surface area contributed by atoms with E-state index in [9.17, 15) is 14.4 Å². The van der Waals surface area contributed by atoms with Crippen LogP contribution in [-0.4, -0.2) is 28.7 Å². The molecule has 5 nitrogen and oxygen atoms in total. The zero-order chi connectivity index (χ0) is 20.4. The van der Waals surface area contributed by atoms with Crippen molar-refractivity contribution in [3.8, 4) is 0 Å². The van der Waals surface area contributed by atoms with E-state index in [0.717, 1.165) is 37.7 Å². The Balaban J connectivity index is 1.54. The van der Waals surface area contributed by atoms with Crippen molar-refractivity contribution in [1.29, 1.82) is 0 Å². The molecule has 1 fully saturated rings. The third kappa shape index (κ3) is 3.69.